The summed E-state index contributed by atoms with van der Waals surface area (Å²) < 4.78 is 5.99. The molecular formula is C24H20BrN3O4. The molecule has 0 bridgehead atoms. The van der Waals surface area contributed by atoms with Crippen LogP contribution in [-0.4, -0.2) is 24.0 Å². The maximum absolute atomic E-state index is 12.2. The topological polar surface area (TPSA) is 96.9 Å². The molecule has 0 aliphatic carbocycles. The van der Waals surface area contributed by atoms with E-state index in [-0.39, 0.29) is 0 Å². The minimum absolute atomic E-state index is 0.361. The molecule has 3 aromatic rings. The first-order valence-corrected chi connectivity index (χ1v) is 10.4. The van der Waals surface area contributed by atoms with Gasteiger partial charge in [0.05, 0.1) is 11.8 Å². The highest BCUT2D eigenvalue weighted by atomic mass is 79.9. The summed E-state index contributed by atoms with van der Waals surface area (Å²) in [5, 5.41) is 6.31. The molecule has 8 heteroatoms. The molecule has 0 unspecified atom stereocenters. The lowest BCUT2D eigenvalue weighted by atomic mass is 10.1. The van der Waals surface area contributed by atoms with E-state index in [9.17, 15) is 14.4 Å². The lowest BCUT2D eigenvalue weighted by Gasteiger charge is -2.07. The van der Waals surface area contributed by atoms with Crippen LogP contribution in [0.5, 0.6) is 5.75 Å². The number of carbonyl (C=O) groups excluding carboxylic acids is 3. The molecule has 0 saturated carbocycles. The van der Waals surface area contributed by atoms with Gasteiger partial charge < -0.3 is 10.1 Å². The maximum atomic E-state index is 12.2. The van der Waals surface area contributed by atoms with Gasteiger partial charge in [-0.05, 0) is 95.0 Å². The monoisotopic (exact) mass is 493 g/mol. The molecule has 0 fully saturated rings. The number of ether oxygens (including phenoxy) is 1. The molecule has 3 aromatic carbocycles. The second-order valence-corrected chi connectivity index (χ2v) is 7.75. The Labute approximate surface area is 193 Å². The number of hydrazone groups is 1. The van der Waals surface area contributed by atoms with Crippen molar-refractivity contribution in [3.05, 3.63) is 93.5 Å². The summed E-state index contributed by atoms with van der Waals surface area (Å²) in [7, 11) is 0. The van der Waals surface area contributed by atoms with Crippen molar-refractivity contribution in [3.8, 4) is 5.75 Å². The van der Waals surface area contributed by atoms with Gasteiger partial charge in [0.1, 0.15) is 5.75 Å². The Hall–Kier alpha value is -3.78. The number of hydrogen-bond acceptors (Lipinski definition) is 5. The molecule has 0 atom stereocenters. The fraction of sp³-hybridized carbons (Fsp3) is 0.0833. The number of esters is 1. The first-order valence-electron chi connectivity index (χ1n) is 9.62. The Morgan fingerprint density at radius 3 is 2.31 bits per heavy atom. The molecule has 0 heterocycles. The number of hydrogen-bond donors (Lipinski definition) is 2. The Balaban J connectivity index is 1.52. The van der Waals surface area contributed by atoms with Crippen LogP contribution in [0, 0.1) is 13.8 Å². The predicted molar refractivity (Wildman–Crippen MR) is 126 cm³/mol. The van der Waals surface area contributed by atoms with Crippen molar-refractivity contribution in [3.63, 3.8) is 0 Å². The highest BCUT2D eigenvalue weighted by Gasteiger charge is 2.13. The number of nitrogens with one attached hydrogen (secondary N) is 2. The summed E-state index contributed by atoms with van der Waals surface area (Å²) in [4.78, 5) is 36.2. The van der Waals surface area contributed by atoms with E-state index >= 15 is 0 Å². The van der Waals surface area contributed by atoms with Gasteiger partial charge in [0.2, 0.25) is 0 Å². The number of anilines is 1. The number of benzene rings is 3. The number of halogens is 1. The molecule has 2 N–H and O–H groups in total. The lowest BCUT2D eigenvalue weighted by Crippen LogP contribution is -2.32. The number of rotatable bonds is 5. The lowest BCUT2D eigenvalue weighted by molar-refractivity contribution is -0.136. The average Bonchev–Trinajstić information content (AvgIpc) is 2.77. The van der Waals surface area contributed by atoms with E-state index in [0.29, 0.717) is 27.0 Å². The third kappa shape index (κ3) is 6.12. The van der Waals surface area contributed by atoms with Crippen LogP contribution in [0.1, 0.15) is 27.0 Å². The quantitative estimate of drug-likeness (QED) is 0.181. The highest BCUT2D eigenvalue weighted by Crippen LogP contribution is 2.19. The SMILES string of the molecule is Cc1ccc(NC(=O)C(=O)NN=Cc2ccc(OC(=O)c3ccccc3Br)cc2)cc1C. The van der Waals surface area contributed by atoms with Gasteiger partial charge in [-0.1, -0.05) is 18.2 Å². The standard InChI is InChI=1S/C24H20BrN3O4/c1-15-7-10-18(13-16(15)2)27-22(29)23(30)28-26-14-17-8-11-19(12-9-17)32-24(31)20-5-3-4-6-21(20)25/h3-14H,1-2H3,(H,27,29)(H,28,30). The molecule has 162 valence electrons. The second kappa shape index (κ2) is 10.5. The highest BCUT2D eigenvalue weighted by molar-refractivity contribution is 9.10. The van der Waals surface area contributed by atoms with Gasteiger partial charge >= 0.3 is 17.8 Å². The van der Waals surface area contributed by atoms with Gasteiger partial charge in [-0.25, -0.2) is 10.2 Å². The molecule has 3 rings (SSSR count). The number of aryl methyl sites for hydroxylation is 2. The van der Waals surface area contributed by atoms with Crippen LogP contribution in [0.15, 0.2) is 76.3 Å². The maximum Gasteiger partial charge on any atom is 0.344 e. The summed E-state index contributed by atoms with van der Waals surface area (Å²) in [6.45, 7) is 3.88. The minimum atomic E-state index is -0.890. The normalized spacial score (nSPS) is 10.6. The first kappa shape index (κ1) is 22.9. The number of carbonyl (C=O) groups is 3. The molecule has 32 heavy (non-hydrogen) atoms. The van der Waals surface area contributed by atoms with E-state index in [0.717, 1.165) is 11.1 Å². The number of amides is 2. The summed E-state index contributed by atoms with van der Waals surface area (Å²) in [6.07, 6.45) is 1.38. The third-order valence-electron chi connectivity index (χ3n) is 4.54. The van der Waals surface area contributed by atoms with Crippen molar-refractivity contribution in [1.82, 2.24) is 5.43 Å². The van der Waals surface area contributed by atoms with Crippen LogP contribution in [0.3, 0.4) is 0 Å². The van der Waals surface area contributed by atoms with Gasteiger partial charge in [-0.15, -0.1) is 0 Å². The molecule has 0 radical (unpaired) electrons. The molecule has 0 aliphatic heterocycles. The zero-order valence-electron chi connectivity index (χ0n) is 17.4. The molecule has 7 nitrogen and oxygen atoms in total. The summed E-state index contributed by atoms with van der Waals surface area (Å²) >= 11 is 3.32. The van der Waals surface area contributed by atoms with Crippen molar-refractivity contribution >= 4 is 45.6 Å². The molecule has 0 aliphatic rings. The van der Waals surface area contributed by atoms with Gasteiger partial charge in [0.25, 0.3) is 0 Å². The summed E-state index contributed by atoms with van der Waals surface area (Å²) in [5.74, 6) is -1.83. The second-order valence-electron chi connectivity index (χ2n) is 6.89. The van der Waals surface area contributed by atoms with Crippen molar-refractivity contribution < 1.29 is 19.1 Å². The summed E-state index contributed by atoms with van der Waals surface area (Å²) in [6, 6.07) is 18.9. The molecule has 0 spiro atoms. The van der Waals surface area contributed by atoms with Crippen LogP contribution in [0.2, 0.25) is 0 Å². The van der Waals surface area contributed by atoms with Gasteiger partial charge in [-0.3, -0.25) is 9.59 Å². The van der Waals surface area contributed by atoms with Crippen LogP contribution in [0.25, 0.3) is 0 Å². The van der Waals surface area contributed by atoms with E-state index in [1.54, 1.807) is 60.7 Å². The van der Waals surface area contributed by atoms with Crippen molar-refractivity contribution in [2.75, 3.05) is 5.32 Å². The number of nitrogens with zero attached hydrogens (tertiary/aromatic N) is 1. The van der Waals surface area contributed by atoms with E-state index in [1.165, 1.54) is 6.21 Å². The minimum Gasteiger partial charge on any atom is -0.423 e. The van der Waals surface area contributed by atoms with Crippen molar-refractivity contribution in [1.29, 1.82) is 0 Å². The first-order chi connectivity index (χ1) is 15.3. The molecule has 0 aromatic heterocycles. The van der Waals surface area contributed by atoms with E-state index < -0.39 is 17.8 Å². The Bertz CT molecular complexity index is 1190. The van der Waals surface area contributed by atoms with Crippen LogP contribution in [-0.2, 0) is 9.59 Å². The van der Waals surface area contributed by atoms with E-state index in [1.807, 2.05) is 19.9 Å². The molecule has 0 saturated heterocycles. The largest absolute Gasteiger partial charge is 0.423 e. The molecular weight excluding hydrogens is 474 g/mol. The van der Waals surface area contributed by atoms with Crippen molar-refractivity contribution in [2.45, 2.75) is 13.8 Å². The smallest absolute Gasteiger partial charge is 0.344 e. The Kier molecular flexibility index (Phi) is 7.51. The fourth-order valence-corrected chi connectivity index (χ4v) is 3.08. The van der Waals surface area contributed by atoms with E-state index in [2.05, 4.69) is 31.8 Å². The Morgan fingerprint density at radius 1 is 0.906 bits per heavy atom. The molecule has 2 amide bonds. The van der Waals surface area contributed by atoms with Crippen LogP contribution in [0.4, 0.5) is 5.69 Å². The van der Waals surface area contributed by atoms with Gasteiger partial charge in [0, 0.05) is 10.2 Å². The Morgan fingerprint density at radius 2 is 1.62 bits per heavy atom. The van der Waals surface area contributed by atoms with Crippen molar-refractivity contribution in [2.24, 2.45) is 5.10 Å². The van der Waals surface area contributed by atoms with Gasteiger partial charge in [0.15, 0.2) is 0 Å². The van der Waals surface area contributed by atoms with E-state index in [4.69, 9.17) is 4.74 Å². The van der Waals surface area contributed by atoms with Crippen LogP contribution >= 0.6 is 15.9 Å². The average molecular weight is 494 g/mol. The fourth-order valence-electron chi connectivity index (χ4n) is 2.63. The zero-order chi connectivity index (χ0) is 23.1. The summed E-state index contributed by atoms with van der Waals surface area (Å²) in [5.41, 5.74) is 5.86. The van der Waals surface area contributed by atoms with Crippen LogP contribution < -0.4 is 15.5 Å². The predicted octanol–water partition coefficient (Wildman–Crippen LogP) is 4.37. The zero-order valence-corrected chi connectivity index (χ0v) is 19.0. The van der Waals surface area contributed by atoms with Gasteiger partial charge in [-0.2, -0.15) is 5.10 Å². The third-order valence-corrected chi connectivity index (χ3v) is 5.23.